The molecule has 1 aromatic heterocycles. The molecule has 0 aliphatic carbocycles. The van der Waals surface area contributed by atoms with E-state index in [2.05, 4.69) is 17.0 Å². The van der Waals surface area contributed by atoms with Crippen LogP contribution in [0.15, 0.2) is 71.1 Å². The fourth-order valence-corrected chi connectivity index (χ4v) is 4.90. The Bertz CT molecular complexity index is 1510. The van der Waals surface area contributed by atoms with Crippen LogP contribution in [-0.4, -0.2) is 38.7 Å². The lowest BCUT2D eigenvalue weighted by Crippen LogP contribution is -2.43. The molecule has 43 heavy (non-hydrogen) atoms. The van der Waals surface area contributed by atoms with Gasteiger partial charge in [0.15, 0.2) is 5.60 Å². The molecule has 7 heteroatoms. The van der Waals surface area contributed by atoms with Crippen molar-refractivity contribution in [1.29, 1.82) is 0 Å². The molecule has 0 saturated heterocycles. The first-order valence-corrected chi connectivity index (χ1v) is 14.7. The van der Waals surface area contributed by atoms with Crippen LogP contribution in [0.3, 0.4) is 0 Å². The van der Waals surface area contributed by atoms with Crippen molar-refractivity contribution in [3.8, 4) is 23.0 Å². The third-order valence-electron chi connectivity index (χ3n) is 7.11. The third kappa shape index (κ3) is 8.71. The molecule has 0 radical (unpaired) electrons. The highest BCUT2D eigenvalue weighted by Crippen LogP contribution is 2.31. The van der Waals surface area contributed by atoms with E-state index in [1.54, 1.807) is 26.0 Å². The summed E-state index contributed by atoms with van der Waals surface area (Å²) < 4.78 is 17.9. The van der Waals surface area contributed by atoms with E-state index in [1.807, 2.05) is 84.0 Å². The molecular weight excluding hydrogens is 540 g/mol. The number of esters is 1. The van der Waals surface area contributed by atoms with Crippen LogP contribution in [0.5, 0.6) is 11.5 Å². The molecule has 1 N–H and O–H groups in total. The fourth-order valence-electron chi connectivity index (χ4n) is 4.90. The molecule has 0 amide bonds. The summed E-state index contributed by atoms with van der Waals surface area (Å²) in [6.45, 7) is 17.1. The van der Waals surface area contributed by atoms with Crippen molar-refractivity contribution >= 4 is 5.97 Å². The average molecular weight is 585 g/mol. The van der Waals surface area contributed by atoms with Gasteiger partial charge in [0.2, 0.25) is 5.89 Å². The number of hydrogen-bond donors (Lipinski definition) is 1. The number of aromatic hydroxyl groups is 1. The highest BCUT2D eigenvalue weighted by atomic mass is 16.6. The number of hydrogen-bond acceptors (Lipinski definition) is 7. The van der Waals surface area contributed by atoms with E-state index < -0.39 is 17.2 Å². The van der Waals surface area contributed by atoms with Gasteiger partial charge in [0.05, 0.1) is 5.69 Å². The van der Waals surface area contributed by atoms with Crippen LogP contribution in [0.25, 0.3) is 11.5 Å². The van der Waals surface area contributed by atoms with Gasteiger partial charge in [0.25, 0.3) is 0 Å². The summed E-state index contributed by atoms with van der Waals surface area (Å²) in [6, 6.07) is 21.5. The zero-order valence-corrected chi connectivity index (χ0v) is 26.7. The van der Waals surface area contributed by atoms with Gasteiger partial charge in [-0.3, -0.25) is 4.90 Å². The summed E-state index contributed by atoms with van der Waals surface area (Å²) in [5.74, 6) is 1.97. The van der Waals surface area contributed by atoms with Crippen molar-refractivity contribution in [2.75, 3.05) is 6.54 Å². The Morgan fingerprint density at radius 3 is 2.12 bits per heavy atom. The molecule has 1 heterocycles. The molecule has 0 unspecified atom stereocenters. The van der Waals surface area contributed by atoms with Gasteiger partial charge >= 0.3 is 5.97 Å². The Morgan fingerprint density at radius 1 is 0.884 bits per heavy atom. The van der Waals surface area contributed by atoms with E-state index in [0.29, 0.717) is 24.7 Å². The van der Waals surface area contributed by atoms with E-state index in [-0.39, 0.29) is 5.75 Å². The van der Waals surface area contributed by atoms with E-state index >= 15 is 0 Å². The summed E-state index contributed by atoms with van der Waals surface area (Å²) in [7, 11) is 0. The van der Waals surface area contributed by atoms with Gasteiger partial charge < -0.3 is 19.0 Å². The molecule has 228 valence electrons. The molecule has 0 fully saturated rings. The van der Waals surface area contributed by atoms with Gasteiger partial charge in [-0.15, -0.1) is 0 Å². The molecule has 0 bridgehead atoms. The SMILES string of the molecule is Cc1cc(CN(CCc2ccc(O)cc2)Cc2nc(-c3ccccc3)oc2C)cc(C)c1OC(C)(C)C(=O)OC(C)(C)C. The van der Waals surface area contributed by atoms with Crippen molar-refractivity contribution < 1.29 is 23.8 Å². The Hall–Kier alpha value is -4.10. The highest BCUT2D eigenvalue weighted by molar-refractivity contribution is 5.79. The van der Waals surface area contributed by atoms with Crippen molar-refractivity contribution in [3.05, 3.63) is 100 Å². The lowest BCUT2D eigenvalue weighted by molar-refractivity contribution is -0.171. The molecule has 4 rings (SSSR count). The van der Waals surface area contributed by atoms with Crippen LogP contribution < -0.4 is 4.74 Å². The van der Waals surface area contributed by atoms with Gasteiger partial charge in [-0.2, -0.15) is 0 Å². The number of benzene rings is 3. The second-order valence-electron chi connectivity index (χ2n) is 12.7. The number of phenols is 1. The number of aryl methyl sites for hydroxylation is 3. The van der Waals surface area contributed by atoms with Gasteiger partial charge in [0, 0.05) is 25.2 Å². The Kier molecular flexibility index (Phi) is 9.65. The van der Waals surface area contributed by atoms with Crippen molar-refractivity contribution in [2.45, 2.75) is 86.1 Å². The van der Waals surface area contributed by atoms with Gasteiger partial charge in [0.1, 0.15) is 22.9 Å². The van der Waals surface area contributed by atoms with E-state index in [1.165, 1.54) is 0 Å². The topological polar surface area (TPSA) is 85.0 Å². The minimum absolute atomic E-state index is 0.260. The number of aromatic nitrogens is 1. The maximum Gasteiger partial charge on any atom is 0.350 e. The summed E-state index contributed by atoms with van der Waals surface area (Å²) in [5, 5.41) is 9.71. The quantitative estimate of drug-likeness (QED) is 0.181. The summed E-state index contributed by atoms with van der Waals surface area (Å²) in [4.78, 5) is 20.0. The second kappa shape index (κ2) is 13.0. The third-order valence-corrected chi connectivity index (χ3v) is 7.11. The molecule has 0 atom stereocenters. The first-order valence-electron chi connectivity index (χ1n) is 14.7. The summed E-state index contributed by atoms with van der Waals surface area (Å²) in [6.07, 6.45) is 0.811. The summed E-state index contributed by atoms with van der Waals surface area (Å²) >= 11 is 0. The molecule has 0 saturated carbocycles. The molecule has 0 aliphatic rings. The number of carbonyl (C=O) groups excluding carboxylic acids is 1. The predicted octanol–water partition coefficient (Wildman–Crippen LogP) is 7.72. The molecule has 7 nitrogen and oxygen atoms in total. The largest absolute Gasteiger partial charge is 0.508 e. The molecule has 3 aromatic carbocycles. The monoisotopic (exact) mass is 584 g/mol. The Labute approximate surface area is 255 Å². The maximum atomic E-state index is 12.8. The van der Waals surface area contributed by atoms with E-state index in [9.17, 15) is 9.90 Å². The number of phenolic OH excluding ortho intramolecular Hbond substituents is 1. The zero-order chi connectivity index (χ0) is 31.4. The number of nitrogens with zero attached hydrogens (tertiary/aromatic N) is 2. The summed E-state index contributed by atoms with van der Waals surface area (Å²) in [5.41, 5.74) is 4.29. The second-order valence-corrected chi connectivity index (χ2v) is 12.7. The number of oxazole rings is 1. The maximum absolute atomic E-state index is 12.8. The molecule has 4 aromatic rings. The van der Waals surface area contributed by atoms with Gasteiger partial charge in [-0.1, -0.05) is 42.5 Å². The van der Waals surface area contributed by atoms with Gasteiger partial charge in [-0.25, -0.2) is 9.78 Å². The number of rotatable bonds is 11. The standard InChI is InChI=1S/C36H44N2O5/c1-24-20-28(21-25(2)32(24)42-36(7,8)34(40)43-35(4,5)6)22-38(19-18-27-14-16-30(39)17-15-27)23-31-26(3)41-33(37-31)29-12-10-9-11-13-29/h9-17,20-21,39H,18-19,22-23H2,1-8H3. The molecular formula is C36H44N2O5. The van der Waals surface area contributed by atoms with Crippen LogP contribution in [0.4, 0.5) is 0 Å². The van der Waals surface area contributed by atoms with E-state index in [4.69, 9.17) is 18.9 Å². The number of carbonyl (C=O) groups is 1. The van der Waals surface area contributed by atoms with Crippen LogP contribution in [0, 0.1) is 20.8 Å². The van der Waals surface area contributed by atoms with Crippen molar-refractivity contribution in [1.82, 2.24) is 9.88 Å². The highest BCUT2D eigenvalue weighted by Gasteiger charge is 2.35. The lowest BCUT2D eigenvalue weighted by Gasteiger charge is -2.30. The van der Waals surface area contributed by atoms with E-state index in [0.717, 1.165) is 52.2 Å². The fraction of sp³-hybridized carbons (Fsp3) is 0.389. The smallest absolute Gasteiger partial charge is 0.350 e. The lowest BCUT2D eigenvalue weighted by atomic mass is 10.0. The average Bonchev–Trinajstić information content (AvgIpc) is 3.29. The predicted molar refractivity (Wildman–Crippen MR) is 169 cm³/mol. The number of ether oxygens (including phenoxy) is 2. The van der Waals surface area contributed by atoms with Crippen molar-refractivity contribution in [3.63, 3.8) is 0 Å². The first-order chi connectivity index (χ1) is 20.2. The molecule has 0 aliphatic heterocycles. The van der Waals surface area contributed by atoms with Crippen LogP contribution in [0.2, 0.25) is 0 Å². The van der Waals surface area contributed by atoms with Crippen LogP contribution in [0.1, 0.15) is 68.3 Å². The van der Waals surface area contributed by atoms with Crippen LogP contribution >= 0.6 is 0 Å². The van der Waals surface area contributed by atoms with Crippen molar-refractivity contribution in [2.24, 2.45) is 0 Å². The molecule has 0 spiro atoms. The van der Waals surface area contributed by atoms with Gasteiger partial charge in [-0.05, 0) is 108 Å². The minimum atomic E-state index is -1.14. The minimum Gasteiger partial charge on any atom is -0.508 e. The normalized spacial score (nSPS) is 12.0. The van der Waals surface area contributed by atoms with Crippen LogP contribution in [-0.2, 0) is 29.0 Å². The zero-order valence-electron chi connectivity index (χ0n) is 26.7. The Balaban J connectivity index is 1.56. The first kappa shape index (κ1) is 31.8. The Morgan fingerprint density at radius 2 is 1.51 bits per heavy atom.